The van der Waals surface area contributed by atoms with Crippen molar-refractivity contribution >= 4 is 17.3 Å². The molecule has 1 aliphatic rings. The molecule has 0 aromatic heterocycles. The Morgan fingerprint density at radius 3 is 2.24 bits per heavy atom. The molecule has 3 N–H and O–H groups in total. The molecule has 0 saturated carbocycles. The lowest BCUT2D eigenvalue weighted by molar-refractivity contribution is 0.0979. The molecule has 4 nitrogen and oxygen atoms in total. The number of ketones is 2. The highest BCUT2D eigenvalue weighted by Gasteiger charge is 2.31. The van der Waals surface area contributed by atoms with Crippen molar-refractivity contribution in [2.75, 3.05) is 18.4 Å². The molecule has 2 aromatic carbocycles. The van der Waals surface area contributed by atoms with Gasteiger partial charge in [0.05, 0.1) is 5.56 Å². The summed E-state index contributed by atoms with van der Waals surface area (Å²) in [5, 5.41) is 3.20. The van der Waals surface area contributed by atoms with Crippen LogP contribution in [-0.2, 0) is 0 Å². The number of hydrogen-bond acceptors (Lipinski definition) is 4. The van der Waals surface area contributed by atoms with Crippen LogP contribution in [0.25, 0.3) is 0 Å². The van der Waals surface area contributed by atoms with Crippen molar-refractivity contribution in [2.45, 2.75) is 6.42 Å². The molecule has 0 fully saturated rings. The Kier molecular flexibility index (Phi) is 3.54. The number of anilines is 1. The Labute approximate surface area is 123 Å². The van der Waals surface area contributed by atoms with Gasteiger partial charge < -0.3 is 11.1 Å². The fourth-order valence-electron chi connectivity index (χ4n) is 2.62. The number of nitrogens with two attached hydrogens (primary N) is 1. The topological polar surface area (TPSA) is 72.2 Å². The normalized spacial score (nSPS) is 12.8. The van der Waals surface area contributed by atoms with Gasteiger partial charge in [-0.15, -0.1) is 0 Å². The zero-order valence-corrected chi connectivity index (χ0v) is 11.6. The van der Waals surface area contributed by atoms with Gasteiger partial charge in [0, 0.05) is 28.9 Å². The molecule has 0 radical (unpaired) electrons. The van der Waals surface area contributed by atoms with E-state index in [1.807, 2.05) is 6.07 Å². The summed E-state index contributed by atoms with van der Waals surface area (Å²) < 4.78 is 0. The fraction of sp³-hybridized carbons (Fsp3) is 0.176. The van der Waals surface area contributed by atoms with Gasteiger partial charge >= 0.3 is 0 Å². The lowest BCUT2D eigenvalue weighted by atomic mass is 9.83. The van der Waals surface area contributed by atoms with E-state index in [0.29, 0.717) is 41.0 Å². The largest absolute Gasteiger partial charge is 0.384 e. The molecule has 1 aliphatic carbocycles. The predicted molar refractivity (Wildman–Crippen MR) is 81.9 cm³/mol. The molecular formula is C17H16N2O2. The van der Waals surface area contributed by atoms with Crippen molar-refractivity contribution in [3.63, 3.8) is 0 Å². The van der Waals surface area contributed by atoms with Gasteiger partial charge in [-0.05, 0) is 19.0 Å². The van der Waals surface area contributed by atoms with Crippen molar-refractivity contribution in [1.29, 1.82) is 0 Å². The minimum absolute atomic E-state index is 0.0947. The molecule has 0 atom stereocenters. The molecule has 0 unspecified atom stereocenters. The first-order valence-electron chi connectivity index (χ1n) is 6.99. The summed E-state index contributed by atoms with van der Waals surface area (Å²) in [6, 6.07) is 12.3. The minimum Gasteiger partial charge on any atom is -0.384 e. The Bertz CT molecular complexity index is 722. The summed E-state index contributed by atoms with van der Waals surface area (Å²) in [7, 11) is 0. The molecule has 0 spiro atoms. The highest BCUT2D eigenvalue weighted by Crippen LogP contribution is 2.31. The van der Waals surface area contributed by atoms with E-state index in [0.717, 1.165) is 6.42 Å². The van der Waals surface area contributed by atoms with E-state index in [1.54, 1.807) is 36.4 Å². The number of benzene rings is 2. The molecule has 0 saturated heterocycles. The molecule has 0 bridgehead atoms. The summed E-state index contributed by atoms with van der Waals surface area (Å²) in [4.78, 5) is 25.2. The van der Waals surface area contributed by atoms with Gasteiger partial charge in [-0.25, -0.2) is 0 Å². The smallest absolute Gasteiger partial charge is 0.196 e. The van der Waals surface area contributed by atoms with E-state index in [9.17, 15) is 9.59 Å². The first-order valence-corrected chi connectivity index (χ1v) is 6.99. The van der Waals surface area contributed by atoms with E-state index >= 15 is 0 Å². The van der Waals surface area contributed by atoms with Crippen molar-refractivity contribution in [3.8, 4) is 0 Å². The predicted octanol–water partition coefficient (Wildman–Crippen LogP) is 2.22. The minimum atomic E-state index is -0.101. The van der Waals surface area contributed by atoms with Crippen LogP contribution in [0, 0.1) is 0 Å². The Balaban J connectivity index is 2.08. The van der Waals surface area contributed by atoms with Crippen molar-refractivity contribution in [3.05, 3.63) is 64.7 Å². The summed E-state index contributed by atoms with van der Waals surface area (Å²) in [6.07, 6.45) is 0.808. The lowest BCUT2D eigenvalue weighted by Gasteiger charge is -2.20. The van der Waals surface area contributed by atoms with Crippen LogP contribution < -0.4 is 11.1 Å². The average molecular weight is 280 g/mol. The SMILES string of the molecule is NCCCNc1cccc2c1C(=O)c1ccccc1C2=O. The van der Waals surface area contributed by atoms with Gasteiger partial charge in [0.25, 0.3) is 0 Å². The third kappa shape index (κ3) is 2.23. The summed E-state index contributed by atoms with van der Waals surface area (Å²) >= 11 is 0. The van der Waals surface area contributed by atoms with Crippen LogP contribution in [0.3, 0.4) is 0 Å². The molecule has 21 heavy (non-hydrogen) atoms. The number of rotatable bonds is 4. The van der Waals surface area contributed by atoms with Crippen LogP contribution >= 0.6 is 0 Å². The quantitative estimate of drug-likeness (QED) is 0.719. The second kappa shape index (κ2) is 5.50. The van der Waals surface area contributed by atoms with E-state index in [2.05, 4.69) is 5.32 Å². The molecule has 106 valence electrons. The number of fused-ring (bicyclic) bond motifs is 2. The summed E-state index contributed by atoms with van der Waals surface area (Å²) in [6.45, 7) is 1.26. The standard InChI is InChI=1S/C17H16N2O2/c18-9-4-10-19-14-8-3-7-13-15(14)17(21)12-6-2-1-5-11(12)16(13)20/h1-3,5-8,19H,4,9-10,18H2. The van der Waals surface area contributed by atoms with E-state index < -0.39 is 0 Å². The zero-order valence-electron chi connectivity index (χ0n) is 11.6. The Hall–Kier alpha value is -2.46. The summed E-state index contributed by atoms with van der Waals surface area (Å²) in [5.74, 6) is -0.196. The number of carbonyl (C=O) groups is 2. The zero-order chi connectivity index (χ0) is 14.8. The van der Waals surface area contributed by atoms with E-state index in [-0.39, 0.29) is 11.6 Å². The van der Waals surface area contributed by atoms with Gasteiger partial charge in [-0.2, -0.15) is 0 Å². The van der Waals surface area contributed by atoms with Gasteiger partial charge in [0.2, 0.25) is 0 Å². The maximum absolute atomic E-state index is 12.7. The van der Waals surface area contributed by atoms with Gasteiger partial charge in [-0.3, -0.25) is 9.59 Å². The van der Waals surface area contributed by atoms with Crippen molar-refractivity contribution in [2.24, 2.45) is 5.73 Å². The fourth-order valence-corrected chi connectivity index (χ4v) is 2.62. The first kappa shape index (κ1) is 13.5. The van der Waals surface area contributed by atoms with Crippen LogP contribution in [0.4, 0.5) is 5.69 Å². The van der Waals surface area contributed by atoms with E-state index in [1.165, 1.54) is 0 Å². The summed E-state index contributed by atoms with van der Waals surface area (Å²) in [5.41, 5.74) is 8.08. The average Bonchev–Trinajstić information content (AvgIpc) is 2.53. The van der Waals surface area contributed by atoms with Crippen LogP contribution in [0.2, 0.25) is 0 Å². The highest BCUT2D eigenvalue weighted by atomic mass is 16.1. The molecule has 3 rings (SSSR count). The van der Waals surface area contributed by atoms with Crippen LogP contribution in [0.5, 0.6) is 0 Å². The third-order valence-electron chi connectivity index (χ3n) is 3.65. The third-order valence-corrected chi connectivity index (χ3v) is 3.65. The number of hydrogen-bond donors (Lipinski definition) is 2. The molecule has 2 aromatic rings. The maximum atomic E-state index is 12.7. The van der Waals surface area contributed by atoms with Gasteiger partial charge in [0.15, 0.2) is 11.6 Å². The Morgan fingerprint density at radius 2 is 1.52 bits per heavy atom. The molecule has 0 amide bonds. The molecule has 0 heterocycles. The lowest BCUT2D eigenvalue weighted by Crippen LogP contribution is -2.22. The maximum Gasteiger partial charge on any atom is 0.196 e. The molecule has 0 aliphatic heterocycles. The van der Waals surface area contributed by atoms with E-state index in [4.69, 9.17) is 5.73 Å². The second-order valence-electron chi connectivity index (χ2n) is 5.00. The number of carbonyl (C=O) groups excluding carboxylic acids is 2. The van der Waals surface area contributed by atoms with Crippen LogP contribution in [0.15, 0.2) is 42.5 Å². The van der Waals surface area contributed by atoms with Crippen LogP contribution in [0.1, 0.15) is 38.3 Å². The monoisotopic (exact) mass is 280 g/mol. The molecule has 4 heteroatoms. The second-order valence-corrected chi connectivity index (χ2v) is 5.00. The van der Waals surface area contributed by atoms with Crippen molar-refractivity contribution in [1.82, 2.24) is 0 Å². The molecular weight excluding hydrogens is 264 g/mol. The Morgan fingerprint density at radius 1 is 0.857 bits per heavy atom. The number of nitrogens with one attached hydrogen (secondary N) is 1. The first-order chi connectivity index (χ1) is 10.2. The van der Waals surface area contributed by atoms with Gasteiger partial charge in [0.1, 0.15) is 0 Å². The van der Waals surface area contributed by atoms with Crippen LogP contribution in [-0.4, -0.2) is 24.7 Å². The highest BCUT2D eigenvalue weighted by molar-refractivity contribution is 6.30. The van der Waals surface area contributed by atoms with Gasteiger partial charge in [-0.1, -0.05) is 36.4 Å². The van der Waals surface area contributed by atoms with Crippen molar-refractivity contribution < 1.29 is 9.59 Å².